The minimum Gasteiger partial charge on any atom is -0.395 e. The monoisotopic (exact) mass is 414 g/mol. The number of nitrogens with one attached hydrogen (secondary N) is 1. The van der Waals surface area contributed by atoms with E-state index in [-0.39, 0.29) is 19.0 Å². The summed E-state index contributed by atoms with van der Waals surface area (Å²) in [6.45, 7) is 4.10. The standard InChI is InChI=1S/C19H19BrN4O2/c1-12-3-8-16(11-13(12)2)24-18(14-4-6-15(20)7-5-14)22-17(23-24)19(26)21-9-10-25/h3-8,11,25H,9-10H2,1-2H3,(H,21,26). The van der Waals surface area contributed by atoms with Crippen molar-refractivity contribution in [3.8, 4) is 17.1 Å². The molecule has 0 aliphatic heterocycles. The van der Waals surface area contributed by atoms with Gasteiger partial charge in [-0.25, -0.2) is 9.67 Å². The number of rotatable bonds is 5. The zero-order chi connectivity index (χ0) is 18.7. The first kappa shape index (κ1) is 18.3. The van der Waals surface area contributed by atoms with Crippen LogP contribution < -0.4 is 5.32 Å². The number of carbonyl (C=O) groups excluding carboxylic acids is 1. The predicted octanol–water partition coefficient (Wildman–Crippen LogP) is 3.04. The molecular formula is C19H19BrN4O2. The molecule has 26 heavy (non-hydrogen) atoms. The molecule has 0 spiro atoms. The predicted molar refractivity (Wildman–Crippen MR) is 103 cm³/mol. The van der Waals surface area contributed by atoms with Crippen molar-refractivity contribution in [2.24, 2.45) is 0 Å². The second kappa shape index (κ2) is 7.80. The summed E-state index contributed by atoms with van der Waals surface area (Å²) in [7, 11) is 0. The topological polar surface area (TPSA) is 80.0 Å². The summed E-state index contributed by atoms with van der Waals surface area (Å²) in [6.07, 6.45) is 0. The quantitative estimate of drug-likeness (QED) is 0.672. The third-order valence-corrected chi connectivity index (χ3v) is 4.57. The van der Waals surface area contributed by atoms with Crippen molar-refractivity contribution in [2.45, 2.75) is 13.8 Å². The average molecular weight is 415 g/mol. The van der Waals surface area contributed by atoms with Crippen LogP contribution in [-0.4, -0.2) is 38.9 Å². The van der Waals surface area contributed by atoms with Gasteiger partial charge in [-0.3, -0.25) is 4.79 Å². The Morgan fingerprint density at radius 2 is 1.88 bits per heavy atom. The molecule has 2 N–H and O–H groups in total. The third-order valence-electron chi connectivity index (χ3n) is 4.05. The molecule has 0 bridgehead atoms. The highest BCUT2D eigenvalue weighted by atomic mass is 79.9. The van der Waals surface area contributed by atoms with E-state index in [9.17, 15) is 4.79 Å². The van der Waals surface area contributed by atoms with Gasteiger partial charge in [-0.1, -0.05) is 34.1 Å². The van der Waals surface area contributed by atoms with Gasteiger partial charge in [0.05, 0.1) is 12.3 Å². The maximum Gasteiger partial charge on any atom is 0.291 e. The van der Waals surface area contributed by atoms with E-state index in [1.54, 1.807) is 4.68 Å². The number of carbonyl (C=O) groups is 1. The van der Waals surface area contributed by atoms with Crippen molar-refractivity contribution in [2.75, 3.05) is 13.2 Å². The maximum absolute atomic E-state index is 12.2. The smallest absolute Gasteiger partial charge is 0.291 e. The van der Waals surface area contributed by atoms with E-state index in [0.717, 1.165) is 21.3 Å². The molecule has 0 radical (unpaired) electrons. The van der Waals surface area contributed by atoms with Gasteiger partial charge < -0.3 is 10.4 Å². The molecule has 3 aromatic rings. The SMILES string of the molecule is Cc1ccc(-n2nc(C(=O)NCCO)nc2-c2ccc(Br)cc2)cc1C. The third kappa shape index (κ3) is 3.84. The molecule has 7 heteroatoms. The molecule has 0 unspecified atom stereocenters. The Hall–Kier alpha value is -2.51. The maximum atomic E-state index is 12.2. The van der Waals surface area contributed by atoms with Crippen LogP contribution >= 0.6 is 15.9 Å². The molecule has 0 fully saturated rings. The van der Waals surface area contributed by atoms with Crippen LogP contribution in [-0.2, 0) is 0 Å². The average Bonchev–Trinajstić information content (AvgIpc) is 3.08. The fraction of sp³-hybridized carbons (Fsp3) is 0.211. The highest BCUT2D eigenvalue weighted by Crippen LogP contribution is 2.24. The van der Waals surface area contributed by atoms with Crippen molar-refractivity contribution in [3.05, 3.63) is 63.9 Å². The summed E-state index contributed by atoms with van der Waals surface area (Å²) in [5.41, 5.74) is 3.99. The Morgan fingerprint density at radius 3 is 2.54 bits per heavy atom. The van der Waals surface area contributed by atoms with E-state index in [1.807, 2.05) is 56.3 Å². The van der Waals surface area contributed by atoms with Crippen LogP contribution in [0.2, 0.25) is 0 Å². The van der Waals surface area contributed by atoms with Gasteiger partial charge in [-0.05, 0) is 49.2 Å². The number of hydrogen-bond acceptors (Lipinski definition) is 4. The summed E-state index contributed by atoms with van der Waals surface area (Å²) in [4.78, 5) is 16.7. The van der Waals surface area contributed by atoms with E-state index in [2.05, 4.69) is 31.3 Å². The Labute approximate surface area is 160 Å². The van der Waals surface area contributed by atoms with Gasteiger partial charge in [0, 0.05) is 16.6 Å². The molecule has 134 valence electrons. The Bertz CT molecular complexity index is 935. The second-order valence-corrected chi connectivity index (χ2v) is 6.84. The first-order valence-electron chi connectivity index (χ1n) is 8.19. The second-order valence-electron chi connectivity index (χ2n) is 5.93. The summed E-state index contributed by atoms with van der Waals surface area (Å²) in [5, 5.41) is 15.9. The first-order valence-corrected chi connectivity index (χ1v) is 8.98. The summed E-state index contributed by atoms with van der Waals surface area (Å²) in [5.74, 6) is 0.226. The Balaban J connectivity index is 2.10. The summed E-state index contributed by atoms with van der Waals surface area (Å²) < 4.78 is 2.63. The lowest BCUT2D eigenvalue weighted by Crippen LogP contribution is -2.27. The number of halogens is 1. The zero-order valence-corrected chi connectivity index (χ0v) is 16.1. The van der Waals surface area contributed by atoms with Gasteiger partial charge >= 0.3 is 0 Å². The van der Waals surface area contributed by atoms with Gasteiger partial charge in [-0.15, -0.1) is 5.10 Å². The van der Waals surface area contributed by atoms with E-state index in [0.29, 0.717) is 5.82 Å². The van der Waals surface area contributed by atoms with Crippen LogP contribution in [0.25, 0.3) is 17.1 Å². The van der Waals surface area contributed by atoms with Crippen LogP contribution in [0.15, 0.2) is 46.9 Å². The van der Waals surface area contributed by atoms with E-state index < -0.39 is 5.91 Å². The van der Waals surface area contributed by atoms with Crippen LogP contribution in [0.1, 0.15) is 21.7 Å². The molecule has 0 saturated carbocycles. The van der Waals surface area contributed by atoms with Gasteiger partial charge in [0.15, 0.2) is 5.82 Å². The normalized spacial score (nSPS) is 10.8. The molecule has 1 aromatic heterocycles. The van der Waals surface area contributed by atoms with Crippen LogP contribution in [0.5, 0.6) is 0 Å². The number of aryl methyl sites for hydroxylation is 2. The minimum atomic E-state index is -0.417. The molecule has 0 aliphatic rings. The molecule has 1 heterocycles. The molecule has 3 rings (SSSR count). The Morgan fingerprint density at radius 1 is 1.15 bits per heavy atom. The van der Waals surface area contributed by atoms with Crippen LogP contribution in [0, 0.1) is 13.8 Å². The lowest BCUT2D eigenvalue weighted by molar-refractivity contribution is 0.0934. The van der Waals surface area contributed by atoms with Crippen molar-refractivity contribution < 1.29 is 9.90 Å². The van der Waals surface area contributed by atoms with Gasteiger partial charge in [0.25, 0.3) is 5.91 Å². The highest BCUT2D eigenvalue weighted by molar-refractivity contribution is 9.10. The van der Waals surface area contributed by atoms with Gasteiger partial charge in [0.2, 0.25) is 5.82 Å². The highest BCUT2D eigenvalue weighted by Gasteiger charge is 2.18. The molecule has 0 saturated heterocycles. The number of hydrogen-bond donors (Lipinski definition) is 2. The van der Waals surface area contributed by atoms with Gasteiger partial charge in [-0.2, -0.15) is 0 Å². The van der Waals surface area contributed by atoms with E-state index in [1.165, 1.54) is 5.56 Å². The fourth-order valence-corrected chi connectivity index (χ4v) is 2.74. The first-order chi connectivity index (χ1) is 12.5. The largest absolute Gasteiger partial charge is 0.395 e. The van der Waals surface area contributed by atoms with Crippen molar-refractivity contribution >= 4 is 21.8 Å². The lowest BCUT2D eigenvalue weighted by Gasteiger charge is -2.08. The van der Waals surface area contributed by atoms with Gasteiger partial charge in [0.1, 0.15) is 0 Å². The van der Waals surface area contributed by atoms with E-state index in [4.69, 9.17) is 5.11 Å². The van der Waals surface area contributed by atoms with Crippen molar-refractivity contribution in [1.29, 1.82) is 0 Å². The molecule has 0 atom stereocenters. The molecule has 2 aromatic carbocycles. The minimum absolute atomic E-state index is 0.0644. The number of aliphatic hydroxyl groups excluding tert-OH is 1. The zero-order valence-electron chi connectivity index (χ0n) is 14.5. The number of benzene rings is 2. The van der Waals surface area contributed by atoms with Crippen LogP contribution in [0.4, 0.5) is 0 Å². The number of aromatic nitrogens is 3. The van der Waals surface area contributed by atoms with Crippen LogP contribution in [0.3, 0.4) is 0 Å². The lowest BCUT2D eigenvalue weighted by atomic mass is 10.1. The fourth-order valence-electron chi connectivity index (χ4n) is 2.48. The number of aliphatic hydroxyl groups is 1. The summed E-state index contributed by atoms with van der Waals surface area (Å²) in [6, 6.07) is 13.7. The molecule has 6 nitrogen and oxygen atoms in total. The molecular weight excluding hydrogens is 396 g/mol. The number of nitrogens with zero attached hydrogens (tertiary/aromatic N) is 3. The number of amides is 1. The van der Waals surface area contributed by atoms with Crippen molar-refractivity contribution in [1.82, 2.24) is 20.1 Å². The Kier molecular flexibility index (Phi) is 5.49. The van der Waals surface area contributed by atoms with E-state index >= 15 is 0 Å². The molecule has 0 aliphatic carbocycles. The van der Waals surface area contributed by atoms with Crippen molar-refractivity contribution in [3.63, 3.8) is 0 Å². The molecule has 1 amide bonds. The summed E-state index contributed by atoms with van der Waals surface area (Å²) >= 11 is 3.43.